The van der Waals surface area contributed by atoms with Gasteiger partial charge in [0.05, 0.1) is 10.6 Å². The highest BCUT2D eigenvalue weighted by Gasteiger charge is 2.17. The number of halogens is 2. The Morgan fingerprint density at radius 2 is 1.72 bits per heavy atom. The highest BCUT2D eigenvalue weighted by Crippen LogP contribution is 2.22. The molecule has 0 aliphatic rings. The summed E-state index contributed by atoms with van der Waals surface area (Å²) in [7, 11) is -3.84. The van der Waals surface area contributed by atoms with E-state index in [0.717, 1.165) is 5.56 Å². The van der Waals surface area contributed by atoms with E-state index in [2.05, 4.69) is 10.0 Å². The number of aryl methyl sites for hydroxylation is 1. The lowest BCUT2D eigenvalue weighted by molar-refractivity contribution is 0.0950. The number of hydrogen-bond donors (Lipinski definition) is 2. The van der Waals surface area contributed by atoms with Gasteiger partial charge in [0.15, 0.2) is 0 Å². The maximum atomic E-state index is 12.7. The zero-order chi connectivity index (χ0) is 21.0. The van der Waals surface area contributed by atoms with Crippen molar-refractivity contribution in [2.24, 2.45) is 0 Å². The monoisotopic (exact) mass is 448 g/mol. The molecular weight excluding hydrogens is 431 g/mol. The van der Waals surface area contributed by atoms with Gasteiger partial charge >= 0.3 is 0 Å². The molecule has 0 fully saturated rings. The van der Waals surface area contributed by atoms with Gasteiger partial charge in [-0.25, -0.2) is 8.42 Å². The molecular formula is C21H18Cl2N2O3S. The predicted molar refractivity (Wildman–Crippen MR) is 116 cm³/mol. The number of anilines is 1. The minimum absolute atomic E-state index is 0.00192. The molecule has 0 aromatic heterocycles. The topological polar surface area (TPSA) is 75.3 Å². The number of rotatable bonds is 6. The Labute approximate surface area is 179 Å². The van der Waals surface area contributed by atoms with Crippen LogP contribution in [-0.4, -0.2) is 14.3 Å². The van der Waals surface area contributed by atoms with Crippen molar-refractivity contribution in [2.75, 3.05) is 4.72 Å². The third-order valence-corrected chi connectivity index (χ3v) is 6.20. The van der Waals surface area contributed by atoms with E-state index in [9.17, 15) is 13.2 Å². The van der Waals surface area contributed by atoms with E-state index >= 15 is 0 Å². The fourth-order valence-corrected chi connectivity index (χ4v) is 4.29. The van der Waals surface area contributed by atoms with Crippen LogP contribution in [0.3, 0.4) is 0 Å². The Kier molecular flexibility index (Phi) is 6.47. The van der Waals surface area contributed by atoms with Crippen LogP contribution in [0.15, 0.2) is 71.6 Å². The fourth-order valence-electron chi connectivity index (χ4n) is 2.64. The van der Waals surface area contributed by atoms with E-state index in [1.807, 2.05) is 19.1 Å². The number of carbonyl (C=O) groups excluding carboxylic acids is 1. The lowest BCUT2D eigenvalue weighted by Crippen LogP contribution is -2.23. The molecule has 0 saturated carbocycles. The summed E-state index contributed by atoms with van der Waals surface area (Å²) in [4.78, 5) is 12.5. The highest BCUT2D eigenvalue weighted by atomic mass is 35.5. The minimum Gasteiger partial charge on any atom is -0.348 e. The SMILES string of the molecule is Cc1ccccc1NS(=O)(=O)c1cccc(C(=O)NCc2ccc(Cl)cc2Cl)c1. The van der Waals surface area contributed by atoms with E-state index in [0.29, 0.717) is 21.3 Å². The van der Waals surface area contributed by atoms with Crippen LogP contribution in [0.1, 0.15) is 21.5 Å². The molecule has 0 spiro atoms. The van der Waals surface area contributed by atoms with Gasteiger partial charge in [0.2, 0.25) is 0 Å². The normalized spacial score (nSPS) is 11.1. The lowest BCUT2D eigenvalue weighted by Gasteiger charge is -2.12. The summed E-state index contributed by atoms with van der Waals surface area (Å²) in [5, 5.41) is 3.68. The van der Waals surface area contributed by atoms with Crippen LogP contribution < -0.4 is 10.0 Å². The summed E-state index contributed by atoms with van der Waals surface area (Å²) in [6.07, 6.45) is 0. The number of amides is 1. The number of benzene rings is 3. The second kappa shape index (κ2) is 8.86. The first-order chi connectivity index (χ1) is 13.8. The van der Waals surface area contributed by atoms with Crippen molar-refractivity contribution >= 4 is 44.8 Å². The van der Waals surface area contributed by atoms with Gasteiger partial charge < -0.3 is 5.32 Å². The maximum absolute atomic E-state index is 12.7. The molecule has 3 rings (SSSR count). The first-order valence-electron chi connectivity index (χ1n) is 8.67. The van der Waals surface area contributed by atoms with Crippen molar-refractivity contribution in [1.29, 1.82) is 0 Å². The molecule has 0 saturated heterocycles. The molecule has 2 N–H and O–H groups in total. The van der Waals surface area contributed by atoms with Gasteiger partial charge in [0, 0.05) is 22.2 Å². The standard InChI is InChI=1S/C21H18Cl2N2O3S/c1-14-5-2-3-8-20(14)25-29(27,28)18-7-4-6-15(11-18)21(26)24-13-16-9-10-17(22)12-19(16)23/h2-12,25H,13H2,1H3,(H,24,26). The average molecular weight is 449 g/mol. The van der Waals surface area contributed by atoms with Crippen LogP contribution in [-0.2, 0) is 16.6 Å². The largest absolute Gasteiger partial charge is 0.348 e. The Balaban J connectivity index is 1.76. The maximum Gasteiger partial charge on any atom is 0.261 e. The van der Waals surface area contributed by atoms with Gasteiger partial charge in [-0.2, -0.15) is 0 Å². The van der Waals surface area contributed by atoms with Crippen molar-refractivity contribution in [2.45, 2.75) is 18.4 Å². The Morgan fingerprint density at radius 3 is 2.45 bits per heavy atom. The molecule has 5 nitrogen and oxygen atoms in total. The Morgan fingerprint density at radius 1 is 0.966 bits per heavy atom. The quantitative estimate of drug-likeness (QED) is 0.554. The molecule has 1 amide bonds. The molecule has 3 aromatic carbocycles. The van der Waals surface area contributed by atoms with Crippen molar-refractivity contribution in [3.8, 4) is 0 Å². The Bertz CT molecular complexity index is 1160. The van der Waals surface area contributed by atoms with Gasteiger partial charge in [0.1, 0.15) is 0 Å². The molecule has 0 bridgehead atoms. The van der Waals surface area contributed by atoms with Crippen molar-refractivity contribution in [3.05, 3.63) is 93.5 Å². The van der Waals surface area contributed by atoms with Crippen LogP contribution in [0.4, 0.5) is 5.69 Å². The van der Waals surface area contributed by atoms with Crippen LogP contribution >= 0.6 is 23.2 Å². The molecule has 150 valence electrons. The molecule has 8 heteroatoms. The van der Waals surface area contributed by atoms with E-state index in [-0.39, 0.29) is 17.0 Å². The first kappa shape index (κ1) is 21.2. The molecule has 3 aromatic rings. The summed E-state index contributed by atoms with van der Waals surface area (Å²) in [6.45, 7) is 2.00. The number of sulfonamides is 1. The van der Waals surface area contributed by atoms with E-state index in [1.54, 1.807) is 36.4 Å². The van der Waals surface area contributed by atoms with Crippen molar-refractivity contribution in [1.82, 2.24) is 5.32 Å². The first-order valence-corrected chi connectivity index (χ1v) is 10.9. The van der Waals surface area contributed by atoms with Crippen LogP contribution in [0.5, 0.6) is 0 Å². The molecule has 29 heavy (non-hydrogen) atoms. The lowest BCUT2D eigenvalue weighted by atomic mass is 10.2. The molecule has 0 unspecified atom stereocenters. The van der Waals surface area contributed by atoms with Crippen LogP contribution in [0, 0.1) is 6.92 Å². The third-order valence-electron chi connectivity index (χ3n) is 4.25. The van der Waals surface area contributed by atoms with Crippen LogP contribution in [0.2, 0.25) is 10.0 Å². The van der Waals surface area contributed by atoms with Crippen molar-refractivity contribution < 1.29 is 13.2 Å². The number of nitrogens with one attached hydrogen (secondary N) is 2. The third kappa shape index (κ3) is 5.29. The predicted octanol–water partition coefficient (Wildman–Crippen LogP) is 5.03. The smallest absolute Gasteiger partial charge is 0.261 e. The summed E-state index contributed by atoms with van der Waals surface area (Å²) < 4.78 is 28.0. The average Bonchev–Trinajstić information content (AvgIpc) is 2.69. The van der Waals surface area contributed by atoms with Crippen LogP contribution in [0.25, 0.3) is 0 Å². The highest BCUT2D eigenvalue weighted by molar-refractivity contribution is 7.92. The van der Waals surface area contributed by atoms with E-state index in [4.69, 9.17) is 23.2 Å². The molecule has 0 radical (unpaired) electrons. The number of hydrogen-bond acceptors (Lipinski definition) is 3. The molecule has 0 aliphatic carbocycles. The van der Waals surface area contributed by atoms with E-state index in [1.165, 1.54) is 18.2 Å². The van der Waals surface area contributed by atoms with Gasteiger partial charge in [-0.1, -0.05) is 53.5 Å². The summed E-state index contributed by atoms with van der Waals surface area (Å²) in [5.41, 5.74) is 2.21. The summed E-state index contributed by atoms with van der Waals surface area (Å²) >= 11 is 12.0. The zero-order valence-electron chi connectivity index (χ0n) is 15.4. The minimum atomic E-state index is -3.84. The number of para-hydroxylation sites is 1. The second-order valence-corrected chi connectivity index (χ2v) is 8.89. The summed E-state index contributed by atoms with van der Waals surface area (Å²) in [6, 6.07) is 17.9. The zero-order valence-corrected chi connectivity index (χ0v) is 17.8. The Hall–Kier alpha value is -2.54. The molecule has 0 aliphatic heterocycles. The molecule has 0 heterocycles. The van der Waals surface area contributed by atoms with E-state index < -0.39 is 15.9 Å². The van der Waals surface area contributed by atoms with Gasteiger partial charge in [0.25, 0.3) is 15.9 Å². The number of carbonyl (C=O) groups is 1. The second-order valence-electron chi connectivity index (χ2n) is 6.37. The van der Waals surface area contributed by atoms with Gasteiger partial charge in [-0.15, -0.1) is 0 Å². The van der Waals surface area contributed by atoms with Gasteiger partial charge in [-0.05, 0) is 54.4 Å². The molecule has 0 atom stereocenters. The summed E-state index contributed by atoms with van der Waals surface area (Å²) in [5.74, 6) is -0.413. The fraction of sp³-hybridized carbons (Fsp3) is 0.0952. The van der Waals surface area contributed by atoms with Crippen molar-refractivity contribution in [3.63, 3.8) is 0 Å². The van der Waals surface area contributed by atoms with Gasteiger partial charge in [-0.3, -0.25) is 9.52 Å².